The van der Waals surface area contributed by atoms with Gasteiger partial charge in [-0.1, -0.05) is 133 Å². The molecule has 0 aliphatic carbocycles. The largest absolute Gasteiger partial charge is 0.454 e. The van der Waals surface area contributed by atoms with Gasteiger partial charge in [0, 0.05) is 59.4 Å². The van der Waals surface area contributed by atoms with Gasteiger partial charge in [0.1, 0.15) is 11.1 Å². The molecule has 5 aromatic heterocycles. The first-order valence-electron chi connectivity index (χ1n) is 18.8. The monoisotopic (exact) mass is 732 g/mol. The van der Waals surface area contributed by atoms with Gasteiger partial charge in [-0.05, 0) is 35.7 Å². The van der Waals surface area contributed by atoms with Crippen molar-refractivity contribution in [3.63, 3.8) is 0 Å². The Balaban J connectivity index is 1.17. The number of rotatable bonds is 3. The third kappa shape index (κ3) is 3.98. The summed E-state index contributed by atoms with van der Waals surface area (Å²) < 4.78 is 14.1. The summed E-state index contributed by atoms with van der Waals surface area (Å²) in [5.41, 5.74) is 10.0. The SMILES string of the molecule is c1ccc(-c2nc(-n3c4ccccc4c4ccc5c(oc6cc(-n7c8ccccc8c8ccccc87)c7ccccc7c65)c43)nc3c2sc2ccccc23)cc1. The van der Waals surface area contributed by atoms with Crippen molar-refractivity contribution in [2.45, 2.75) is 0 Å². The average Bonchev–Trinajstić information content (AvgIpc) is 4.01. The first-order valence-corrected chi connectivity index (χ1v) is 19.7. The topological polar surface area (TPSA) is 48.8 Å². The van der Waals surface area contributed by atoms with Crippen LogP contribution in [0.25, 0.3) is 120 Å². The third-order valence-electron chi connectivity index (χ3n) is 11.5. The second kappa shape index (κ2) is 11.1. The van der Waals surface area contributed by atoms with Crippen LogP contribution in [-0.2, 0) is 0 Å². The molecule has 0 bridgehead atoms. The van der Waals surface area contributed by atoms with Crippen LogP contribution >= 0.6 is 11.3 Å². The van der Waals surface area contributed by atoms with Gasteiger partial charge < -0.3 is 8.98 Å². The summed E-state index contributed by atoms with van der Waals surface area (Å²) in [5, 5.41) is 10.3. The number of hydrogen-bond donors (Lipinski definition) is 0. The molecule has 0 unspecified atom stereocenters. The lowest BCUT2D eigenvalue weighted by Crippen LogP contribution is -2.02. The molecule has 0 fully saturated rings. The van der Waals surface area contributed by atoms with E-state index in [9.17, 15) is 0 Å². The minimum absolute atomic E-state index is 0.620. The van der Waals surface area contributed by atoms with Gasteiger partial charge in [-0.25, -0.2) is 9.97 Å². The van der Waals surface area contributed by atoms with Gasteiger partial charge in [-0.15, -0.1) is 11.3 Å². The van der Waals surface area contributed by atoms with E-state index in [1.54, 1.807) is 11.3 Å². The Hall–Kier alpha value is -7.28. The van der Waals surface area contributed by atoms with E-state index in [2.05, 4.69) is 179 Å². The minimum Gasteiger partial charge on any atom is -0.454 e. The van der Waals surface area contributed by atoms with E-state index in [4.69, 9.17) is 14.4 Å². The summed E-state index contributed by atoms with van der Waals surface area (Å²) in [5.74, 6) is 0.620. The molecule has 0 saturated carbocycles. The highest BCUT2D eigenvalue weighted by Crippen LogP contribution is 2.45. The zero-order valence-corrected chi connectivity index (χ0v) is 30.6. The van der Waals surface area contributed by atoms with Gasteiger partial charge in [0.25, 0.3) is 0 Å². The van der Waals surface area contributed by atoms with Crippen LogP contribution < -0.4 is 0 Å². The van der Waals surface area contributed by atoms with Gasteiger partial charge in [-0.2, -0.15) is 0 Å². The molecule has 0 aliphatic rings. The van der Waals surface area contributed by atoms with Crippen molar-refractivity contribution in [3.05, 3.63) is 170 Å². The molecule has 0 spiro atoms. The fourth-order valence-electron chi connectivity index (χ4n) is 9.17. The maximum Gasteiger partial charge on any atom is 0.236 e. The zero-order valence-electron chi connectivity index (χ0n) is 29.8. The maximum atomic E-state index is 7.20. The molecule has 5 heterocycles. The molecule has 8 aromatic carbocycles. The number of furan rings is 1. The van der Waals surface area contributed by atoms with Crippen molar-refractivity contribution in [1.29, 1.82) is 0 Å². The summed E-state index contributed by atoms with van der Waals surface area (Å²) in [4.78, 5) is 10.9. The molecule has 0 amide bonds. The summed E-state index contributed by atoms with van der Waals surface area (Å²) in [6.07, 6.45) is 0. The Kier molecular flexibility index (Phi) is 5.98. The lowest BCUT2D eigenvalue weighted by molar-refractivity contribution is 0.671. The van der Waals surface area contributed by atoms with Gasteiger partial charge in [0.15, 0.2) is 5.58 Å². The molecule has 0 radical (unpaired) electrons. The van der Waals surface area contributed by atoms with Crippen LogP contribution in [0.2, 0.25) is 0 Å². The van der Waals surface area contributed by atoms with E-state index in [-0.39, 0.29) is 0 Å². The second-order valence-corrected chi connectivity index (χ2v) is 15.5. The van der Waals surface area contributed by atoms with Gasteiger partial charge in [0.05, 0.1) is 38.1 Å². The number of nitrogens with zero attached hydrogens (tertiary/aromatic N) is 4. The van der Waals surface area contributed by atoms with E-state index >= 15 is 0 Å². The van der Waals surface area contributed by atoms with Crippen LogP contribution in [0.15, 0.2) is 174 Å². The van der Waals surface area contributed by atoms with Crippen molar-refractivity contribution in [1.82, 2.24) is 19.1 Å². The highest BCUT2D eigenvalue weighted by molar-refractivity contribution is 7.26. The molecule has 0 atom stereocenters. The highest BCUT2D eigenvalue weighted by Gasteiger charge is 2.25. The molecule has 5 nitrogen and oxygen atoms in total. The van der Waals surface area contributed by atoms with Gasteiger partial charge in [-0.3, -0.25) is 4.57 Å². The summed E-state index contributed by atoms with van der Waals surface area (Å²) in [6.45, 7) is 0. The Morgan fingerprint density at radius 2 is 1.04 bits per heavy atom. The number of fused-ring (bicyclic) bond motifs is 15. The van der Waals surface area contributed by atoms with Gasteiger partial charge >= 0.3 is 0 Å². The molecule has 0 saturated heterocycles. The average molecular weight is 733 g/mol. The van der Waals surface area contributed by atoms with E-state index in [1.165, 1.54) is 31.9 Å². The van der Waals surface area contributed by atoms with Crippen molar-refractivity contribution >= 4 is 108 Å². The van der Waals surface area contributed by atoms with Crippen LogP contribution in [0.4, 0.5) is 0 Å². The molecule has 0 aliphatic heterocycles. The van der Waals surface area contributed by atoms with E-state index in [0.29, 0.717) is 5.95 Å². The number of para-hydroxylation sites is 3. The Bertz CT molecular complexity index is 3720. The van der Waals surface area contributed by atoms with E-state index < -0.39 is 0 Å². The lowest BCUT2D eigenvalue weighted by Gasteiger charge is -2.12. The molecule has 56 heavy (non-hydrogen) atoms. The van der Waals surface area contributed by atoms with E-state index in [1.807, 2.05) is 0 Å². The van der Waals surface area contributed by atoms with Crippen LogP contribution in [0.3, 0.4) is 0 Å². The first-order chi connectivity index (χ1) is 27.8. The Morgan fingerprint density at radius 1 is 0.464 bits per heavy atom. The van der Waals surface area contributed by atoms with Crippen molar-refractivity contribution < 1.29 is 4.42 Å². The normalized spacial score (nSPS) is 12.3. The van der Waals surface area contributed by atoms with Crippen LogP contribution in [0, 0.1) is 0 Å². The predicted octanol–water partition coefficient (Wildman–Crippen LogP) is 13.8. The quantitative estimate of drug-likeness (QED) is 0.182. The predicted molar refractivity (Wildman–Crippen MR) is 234 cm³/mol. The summed E-state index contributed by atoms with van der Waals surface area (Å²) in [6, 6.07) is 60.4. The summed E-state index contributed by atoms with van der Waals surface area (Å²) in [7, 11) is 0. The molecule has 0 N–H and O–H groups in total. The molecule has 13 rings (SSSR count). The molecular weight excluding hydrogens is 705 g/mol. The molecular formula is C50H28N4OS. The Labute approximate surface area is 322 Å². The minimum atomic E-state index is 0.620. The smallest absolute Gasteiger partial charge is 0.236 e. The van der Waals surface area contributed by atoms with Crippen LogP contribution in [-0.4, -0.2) is 19.1 Å². The van der Waals surface area contributed by atoms with Gasteiger partial charge in [0.2, 0.25) is 5.95 Å². The van der Waals surface area contributed by atoms with E-state index in [0.717, 1.165) is 81.7 Å². The number of aromatic nitrogens is 4. The molecule has 13 aromatic rings. The van der Waals surface area contributed by atoms with Crippen molar-refractivity contribution in [3.8, 4) is 22.9 Å². The lowest BCUT2D eigenvalue weighted by atomic mass is 10.0. The fraction of sp³-hybridized carbons (Fsp3) is 0. The third-order valence-corrected chi connectivity index (χ3v) is 12.7. The second-order valence-electron chi connectivity index (χ2n) is 14.5. The van der Waals surface area contributed by atoms with Crippen LogP contribution in [0.5, 0.6) is 0 Å². The summed E-state index contributed by atoms with van der Waals surface area (Å²) >= 11 is 1.75. The standard InChI is InChI=1S/C50H28N4OS/c1-2-14-29(15-3-1)45-49-46(36-21-9-13-25-43(36)56-49)52-50(51-45)54-40-24-12-8-19-33(40)35-26-27-37-44-34-20-5-4-18-32(34)41(28-42(44)55-48(37)47(35)54)53-38-22-10-6-16-30(38)31-17-7-11-23-39(31)53/h1-28H. The number of benzene rings is 8. The first kappa shape index (κ1) is 30.1. The fourth-order valence-corrected chi connectivity index (χ4v) is 10.3. The number of thiophene rings is 1. The highest BCUT2D eigenvalue weighted by atomic mass is 32.1. The van der Waals surface area contributed by atoms with Crippen molar-refractivity contribution in [2.75, 3.05) is 0 Å². The zero-order chi connectivity index (χ0) is 36.5. The Morgan fingerprint density at radius 3 is 1.77 bits per heavy atom. The van der Waals surface area contributed by atoms with Crippen LogP contribution in [0.1, 0.15) is 0 Å². The molecule has 6 heteroatoms. The maximum absolute atomic E-state index is 7.20. The molecule has 260 valence electrons. The van der Waals surface area contributed by atoms with Crippen molar-refractivity contribution in [2.24, 2.45) is 0 Å². The number of hydrogen-bond acceptors (Lipinski definition) is 4.